The van der Waals surface area contributed by atoms with Gasteiger partial charge in [0.15, 0.2) is 0 Å². The Labute approximate surface area is 93.6 Å². The van der Waals surface area contributed by atoms with Gasteiger partial charge in [-0.15, -0.1) is 0 Å². The largest absolute Gasteiger partial charge is 0.360 e. The van der Waals surface area contributed by atoms with Crippen molar-refractivity contribution in [3.8, 4) is 0 Å². The Morgan fingerprint density at radius 3 is 2.47 bits per heavy atom. The molecule has 0 radical (unpaired) electrons. The van der Waals surface area contributed by atoms with Crippen LogP contribution in [0.4, 0.5) is 0 Å². The van der Waals surface area contributed by atoms with Crippen LogP contribution in [-0.4, -0.2) is 23.8 Å². The number of nitrogens with one attached hydrogen (secondary N) is 1. The Morgan fingerprint density at radius 1 is 1.13 bits per heavy atom. The maximum absolute atomic E-state index is 8.10. The molecule has 0 aromatic heterocycles. The highest BCUT2D eigenvalue weighted by molar-refractivity contribution is 5.83. The van der Waals surface area contributed by atoms with E-state index in [1.165, 1.54) is 32.1 Å². The van der Waals surface area contributed by atoms with E-state index in [1.54, 1.807) is 0 Å². The molecule has 1 atom stereocenters. The fourth-order valence-corrected chi connectivity index (χ4v) is 2.64. The molecular formula is C13H24N2. The second-order valence-electron chi connectivity index (χ2n) is 5.58. The molecule has 0 aromatic carbocycles. The maximum Gasteiger partial charge on any atom is 0.0989 e. The highest BCUT2D eigenvalue weighted by Gasteiger charge is 2.31. The third-order valence-corrected chi connectivity index (χ3v) is 4.02. The number of nitrogens with zero attached hydrogens (tertiary/aromatic N) is 1. The van der Waals surface area contributed by atoms with Crippen LogP contribution in [0.5, 0.6) is 0 Å². The van der Waals surface area contributed by atoms with E-state index in [9.17, 15) is 0 Å². The summed E-state index contributed by atoms with van der Waals surface area (Å²) in [6.07, 6.45) is 6.49. The quantitative estimate of drug-likeness (QED) is 0.548. The molecule has 0 aromatic rings. The van der Waals surface area contributed by atoms with Crippen molar-refractivity contribution in [2.45, 2.75) is 46.0 Å². The molecule has 2 fully saturated rings. The summed E-state index contributed by atoms with van der Waals surface area (Å²) in [5.41, 5.74) is 0. The first-order chi connectivity index (χ1) is 7.18. The van der Waals surface area contributed by atoms with Crippen LogP contribution in [0.25, 0.3) is 0 Å². The molecule has 15 heavy (non-hydrogen) atoms. The van der Waals surface area contributed by atoms with Crippen LogP contribution in [0, 0.1) is 23.2 Å². The van der Waals surface area contributed by atoms with Gasteiger partial charge in [-0.1, -0.05) is 13.8 Å². The summed E-state index contributed by atoms with van der Waals surface area (Å²) in [5.74, 6) is 3.28. The van der Waals surface area contributed by atoms with Crippen LogP contribution >= 0.6 is 0 Å². The van der Waals surface area contributed by atoms with Gasteiger partial charge in [0.1, 0.15) is 0 Å². The average Bonchev–Trinajstić information content (AvgIpc) is 3.04. The topological polar surface area (TPSA) is 27.1 Å². The van der Waals surface area contributed by atoms with Crippen LogP contribution in [-0.2, 0) is 0 Å². The third kappa shape index (κ3) is 2.73. The van der Waals surface area contributed by atoms with Crippen molar-refractivity contribution in [1.82, 2.24) is 4.90 Å². The molecular weight excluding hydrogens is 184 g/mol. The van der Waals surface area contributed by atoms with Gasteiger partial charge in [-0.25, -0.2) is 0 Å². The van der Waals surface area contributed by atoms with Gasteiger partial charge in [-0.05, 0) is 43.9 Å². The minimum absolute atomic E-state index is 0.626. The Morgan fingerprint density at radius 2 is 1.87 bits per heavy atom. The smallest absolute Gasteiger partial charge is 0.0989 e. The molecule has 1 saturated carbocycles. The monoisotopic (exact) mass is 208 g/mol. The lowest BCUT2D eigenvalue weighted by molar-refractivity contribution is 0.338. The first-order valence-electron chi connectivity index (χ1n) is 6.52. The lowest BCUT2D eigenvalue weighted by Gasteiger charge is -2.23. The number of likely N-dealkylation sites (tertiary alicyclic amines) is 1. The van der Waals surface area contributed by atoms with Gasteiger partial charge in [0.25, 0.3) is 0 Å². The third-order valence-electron chi connectivity index (χ3n) is 4.02. The fraction of sp³-hybridized carbons (Fsp3) is 0.923. The van der Waals surface area contributed by atoms with E-state index >= 15 is 0 Å². The average molecular weight is 208 g/mol. The minimum Gasteiger partial charge on any atom is -0.360 e. The lowest BCUT2D eigenvalue weighted by atomic mass is 9.89. The van der Waals surface area contributed by atoms with E-state index in [2.05, 4.69) is 18.7 Å². The van der Waals surface area contributed by atoms with E-state index in [0.717, 1.165) is 30.8 Å². The van der Waals surface area contributed by atoms with Crippen molar-refractivity contribution in [1.29, 1.82) is 5.41 Å². The summed E-state index contributed by atoms with van der Waals surface area (Å²) in [5, 5.41) is 8.10. The molecule has 2 rings (SSSR count). The first-order valence-corrected chi connectivity index (χ1v) is 6.52. The molecule has 0 spiro atoms. The zero-order valence-electron chi connectivity index (χ0n) is 10.1. The van der Waals surface area contributed by atoms with Crippen molar-refractivity contribution >= 4 is 5.84 Å². The summed E-state index contributed by atoms with van der Waals surface area (Å²) < 4.78 is 0. The summed E-state index contributed by atoms with van der Waals surface area (Å²) >= 11 is 0. The molecule has 1 aliphatic heterocycles. The number of hydrogen-bond donors (Lipinski definition) is 1. The summed E-state index contributed by atoms with van der Waals surface area (Å²) in [4.78, 5) is 2.35. The van der Waals surface area contributed by atoms with Crippen molar-refractivity contribution < 1.29 is 0 Å². The number of rotatable bonds is 2. The molecule has 1 aliphatic carbocycles. The van der Waals surface area contributed by atoms with Gasteiger partial charge in [0.05, 0.1) is 5.84 Å². The van der Waals surface area contributed by atoms with Crippen molar-refractivity contribution in [3.05, 3.63) is 0 Å². The number of amidine groups is 1. The van der Waals surface area contributed by atoms with Gasteiger partial charge in [-0.3, -0.25) is 5.41 Å². The zero-order chi connectivity index (χ0) is 10.8. The molecule has 2 aliphatic rings. The van der Waals surface area contributed by atoms with Crippen LogP contribution in [0.2, 0.25) is 0 Å². The predicted molar refractivity (Wildman–Crippen MR) is 64.2 cm³/mol. The molecule has 1 N–H and O–H groups in total. The molecule has 2 nitrogen and oxygen atoms in total. The first kappa shape index (κ1) is 11.0. The highest BCUT2D eigenvalue weighted by Crippen LogP contribution is 2.33. The molecule has 1 saturated heterocycles. The van der Waals surface area contributed by atoms with Crippen molar-refractivity contribution in [2.24, 2.45) is 17.8 Å². The fourth-order valence-electron chi connectivity index (χ4n) is 2.64. The maximum atomic E-state index is 8.10. The van der Waals surface area contributed by atoms with E-state index in [4.69, 9.17) is 5.41 Å². The van der Waals surface area contributed by atoms with Gasteiger partial charge in [0.2, 0.25) is 0 Å². The highest BCUT2D eigenvalue weighted by atomic mass is 15.2. The second-order valence-corrected chi connectivity index (χ2v) is 5.58. The van der Waals surface area contributed by atoms with Crippen molar-refractivity contribution in [3.63, 3.8) is 0 Å². The van der Waals surface area contributed by atoms with Crippen LogP contribution in [0.1, 0.15) is 46.0 Å². The summed E-state index contributed by atoms with van der Waals surface area (Å²) in [7, 11) is 0. The van der Waals surface area contributed by atoms with Crippen LogP contribution in [0.15, 0.2) is 0 Å². The van der Waals surface area contributed by atoms with Gasteiger partial charge in [-0.2, -0.15) is 0 Å². The van der Waals surface area contributed by atoms with Crippen LogP contribution in [0.3, 0.4) is 0 Å². The normalized spacial score (nSPS) is 27.9. The molecule has 0 bridgehead atoms. The lowest BCUT2D eigenvalue weighted by Crippen LogP contribution is -2.32. The van der Waals surface area contributed by atoms with Gasteiger partial charge in [0, 0.05) is 19.0 Å². The van der Waals surface area contributed by atoms with Gasteiger partial charge >= 0.3 is 0 Å². The molecule has 1 unspecified atom stereocenters. The van der Waals surface area contributed by atoms with Crippen LogP contribution < -0.4 is 0 Å². The minimum atomic E-state index is 0.626. The Balaban J connectivity index is 1.86. The SMILES string of the molecule is CC(C)C1CCCN(C(=N)C2CC2)CC1. The van der Waals surface area contributed by atoms with Gasteiger partial charge < -0.3 is 4.90 Å². The molecule has 86 valence electrons. The molecule has 1 heterocycles. The van der Waals surface area contributed by atoms with Crippen molar-refractivity contribution in [2.75, 3.05) is 13.1 Å². The van der Waals surface area contributed by atoms with E-state index in [0.29, 0.717) is 5.92 Å². The Kier molecular flexibility index (Phi) is 3.32. The zero-order valence-corrected chi connectivity index (χ0v) is 10.1. The number of hydrogen-bond acceptors (Lipinski definition) is 1. The van der Waals surface area contributed by atoms with E-state index in [-0.39, 0.29) is 0 Å². The molecule has 2 heteroatoms. The summed E-state index contributed by atoms with van der Waals surface area (Å²) in [6, 6.07) is 0. The molecule has 0 amide bonds. The van der Waals surface area contributed by atoms with E-state index < -0.39 is 0 Å². The standard InChI is InChI=1S/C13H24N2/c1-10(2)11-4-3-8-15(9-7-11)13(14)12-5-6-12/h10-12,14H,3-9H2,1-2H3. The predicted octanol–water partition coefficient (Wildman–Crippen LogP) is 3.13. The van der Waals surface area contributed by atoms with E-state index in [1.807, 2.05) is 0 Å². The second kappa shape index (κ2) is 4.54. The Hall–Kier alpha value is -0.530. The summed E-state index contributed by atoms with van der Waals surface area (Å²) in [6.45, 7) is 6.95. The Bertz CT molecular complexity index is 231.